The Bertz CT molecular complexity index is 916. The molecule has 0 aromatic heterocycles. The highest BCUT2D eigenvalue weighted by Crippen LogP contribution is 2.48. The average Bonchev–Trinajstić information content (AvgIpc) is 2.95. The van der Waals surface area contributed by atoms with Gasteiger partial charge in [0.1, 0.15) is 0 Å². The van der Waals surface area contributed by atoms with E-state index >= 15 is 0 Å². The quantitative estimate of drug-likeness (QED) is 0.455. The van der Waals surface area contributed by atoms with Crippen LogP contribution in [0, 0.1) is 35.2 Å². The summed E-state index contributed by atoms with van der Waals surface area (Å²) in [6, 6.07) is 6.42. The van der Waals surface area contributed by atoms with Gasteiger partial charge in [0.2, 0.25) is 0 Å². The van der Waals surface area contributed by atoms with E-state index in [0.717, 1.165) is 29.9 Å². The molecule has 1 aliphatic carbocycles. The van der Waals surface area contributed by atoms with Crippen LogP contribution < -0.4 is 5.32 Å². The third-order valence-electron chi connectivity index (χ3n) is 5.91. The van der Waals surface area contributed by atoms with E-state index in [1.54, 1.807) is 30.0 Å². The predicted octanol–water partition coefficient (Wildman–Crippen LogP) is 7.56. The zero-order chi connectivity index (χ0) is 22.0. The first-order valence-corrected chi connectivity index (χ1v) is 11.4. The smallest absolute Gasteiger partial charge is 0.255 e. The number of hydrogen-bond acceptors (Lipinski definition) is 2. The maximum atomic E-state index is 13.4. The van der Waals surface area contributed by atoms with Crippen LogP contribution in [0.25, 0.3) is 0 Å². The fourth-order valence-electron chi connectivity index (χ4n) is 4.15. The maximum Gasteiger partial charge on any atom is 0.255 e. The van der Waals surface area contributed by atoms with Crippen LogP contribution in [0.2, 0.25) is 5.02 Å². The highest BCUT2D eigenvalue weighted by Gasteiger charge is 2.38. The van der Waals surface area contributed by atoms with E-state index in [4.69, 9.17) is 11.6 Å². The fourth-order valence-corrected chi connectivity index (χ4v) is 5.99. The second-order valence-corrected chi connectivity index (χ2v) is 9.68. The van der Waals surface area contributed by atoms with Crippen molar-refractivity contribution < 1.29 is 18.0 Å². The van der Waals surface area contributed by atoms with Crippen LogP contribution in [0.4, 0.5) is 18.9 Å². The number of carbonyl (C=O) groups excluding carboxylic acids is 1. The van der Waals surface area contributed by atoms with E-state index in [1.807, 2.05) is 0 Å². The molecule has 1 aliphatic rings. The molecule has 4 atom stereocenters. The number of anilines is 1. The van der Waals surface area contributed by atoms with Gasteiger partial charge in [-0.2, -0.15) is 0 Å². The lowest BCUT2D eigenvalue weighted by molar-refractivity contribution is 0.102. The molecule has 30 heavy (non-hydrogen) atoms. The predicted molar refractivity (Wildman–Crippen MR) is 117 cm³/mol. The van der Waals surface area contributed by atoms with Crippen molar-refractivity contribution in [2.24, 2.45) is 17.8 Å². The first kappa shape index (κ1) is 23.0. The zero-order valence-corrected chi connectivity index (χ0v) is 18.7. The Kier molecular flexibility index (Phi) is 7.40. The van der Waals surface area contributed by atoms with E-state index in [0.29, 0.717) is 33.6 Å². The van der Waals surface area contributed by atoms with Crippen molar-refractivity contribution in [2.45, 2.75) is 50.2 Å². The summed E-state index contributed by atoms with van der Waals surface area (Å²) in [5.74, 6) is -3.06. The lowest BCUT2D eigenvalue weighted by atomic mass is 10.0. The molecule has 162 valence electrons. The van der Waals surface area contributed by atoms with E-state index < -0.39 is 23.4 Å². The Hall–Kier alpha value is -1.66. The van der Waals surface area contributed by atoms with Crippen molar-refractivity contribution in [3.63, 3.8) is 0 Å². The molecule has 2 aromatic carbocycles. The maximum absolute atomic E-state index is 13.4. The topological polar surface area (TPSA) is 29.1 Å². The summed E-state index contributed by atoms with van der Waals surface area (Å²) in [5.41, 5.74) is 0.166. The van der Waals surface area contributed by atoms with Gasteiger partial charge in [0.15, 0.2) is 17.5 Å². The number of amides is 1. The minimum absolute atomic E-state index is 0.151. The average molecular weight is 456 g/mol. The molecule has 1 saturated carbocycles. The summed E-state index contributed by atoms with van der Waals surface area (Å²) < 4.78 is 40.0. The second-order valence-electron chi connectivity index (χ2n) is 8.06. The highest BCUT2D eigenvalue weighted by molar-refractivity contribution is 8.00. The lowest BCUT2D eigenvalue weighted by Gasteiger charge is -2.23. The molecule has 4 unspecified atom stereocenters. The molecule has 3 rings (SSSR count). The number of halogens is 4. The monoisotopic (exact) mass is 455 g/mol. The van der Waals surface area contributed by atoms with Crippen molar-refractivity contribution in [1.82, 2.24) is 0 Å². The first-order chi connectivity index (χ1) is 14.2. The van der Waals surface area contributed by atoms with E-state index in [9.17, 15) is 18.0 Å². The minimum Gasteiger partial charge on any atom is -0.322 e. The Labute approximate surface area is 184 Å². The molecule has 7 heteroatoms. The largest absolute Gasteiger partial charge is 0.322 e. The second kappa shape index (κ2) is 9.65. The molecule has 1 amide bonds. The van der Waals surface area contributed by atoms with Crippen LogP contribution in [0.3, 0.4) is 0 Å². The molecular weight excluding hydrogens is 431 g/mol. The molecule has 2 nitrogen and oxygen atoms in total. The summed E-state index contributed by atoms with van der Waals surface area (Å²) >= 11 is 8.11. The van der Waals surface area contributed by atoms with Crippen LogP contribution in [0.5, 0.6) is 0 Å². The van der Waals surface area contributed by atoms with Crippen molar-refractivity contribution in [2.75, 3.05) is 5.32 Å². The number of nitrogens with one attached hydrogen (secondary N) is 1. The van der Waals surface area contributed by atoms with Gasteiger partial charge in [0.25, 0.3) is 5.91 Å². The molecule has 0 radical (unpaired) electrons. The van der Waals surface area contributed by atoms with Gasteiger partial charge < -0.3 is 5.32 Å². The normalized spacial score (nSPS) is 23.6. The summed E-state index contributed by atoms with van der Waals surface area (Å²) in [6.45, 7) is 6.73. The van der Waals surface area contributed by atoms with Crippen molar-refractivity contribution >= 4 is 35.0 Å². The SMILES string of the molecule is CCCC1CC(C)C(C)C1Sc1cc(C(=O)Nc2cc(F)c(F)c(F)c2)ccc1Cl. The standard InChI is InChI=1S/C23H25ClF3NOS/c1-4-5-14-8-12(2)13(3)22(14)30-20-9-15(6-7-17(20)24)23(29)28-16-10-18(25)21(27)19(26)11-16/h6-7,9-14,22H,4-5,8H2,1-3H3,(H,28,29). The first-order valence-electron chi connectivity index (χ1n) is 10.1. The van der Waals surface area contributed by atoms with Gasteiger partial charge in [-0.05, 0) is 48.8 Å². The summed E-state index contributed by atoms with van der Waals surface area (Å²) in [6.07, 6.45) is 3.47. The molecule has 0 saturated heterocycles. The van der Waals surface area contributed by atoms with Crippen molar-refractivity contribution in [1.29, 1.82) is 0 Å². The van der Waals surface area contributed by atoms with Crippen LogP contribution in [0.1, 0.15) is 50.4 Å². The number of rotatable bonds is 6. The molecule has 0 spiro atoms. The van der Waals surface area contributed by atoms with E-state index in [1.165, 1.54) is 6.42 Å². The zero-order valence-electron chi connectivity index (χ0n) is 17.1. The number of benzene rings is 2. The summed E-state index contributed by atoms with van der Waals surface area (Å²) in [5, 5.41) is 3.39. The fraction of sp³-hybridized carbons (Fsp3) is 0.435. The number of thioether (sulfide) groups is 1. The van der Waals surface area contributed by atoms with Crippen LogP contribution in [0.15, 0.2) is 35.2 Å². The van der Waals surface area contributed by atoms with E-state index in [-0.39, 0.29) is 5.69 Å². The van der Waals surface area contributed by atoms with E-state index in [2.05, 4.69) is 26.1 Å². The van der Waals surface area contributed by atoms with Crippen LogP contribution in [-0.4, -0.2) is 11.2 Å². The molecule has 2 aromatic rings. The number of carbonyl (C=O) groups is 1. The van der Waals surface area contributed by atoms with Crippen LogP contribution in [-0.2, 0) is 0 Å². The third kappa shape index (κ3) is 4.97. The van der Waals surface area contributed by atoms with Gasteiger partial charge in [-0.1, -0.05) is 38.8 Å². The number of hydrogen-bond donors (Lipinski definition) is 1. The van der Waals surface area contributed by atoms with Gasteiger partial charge >= 0.3 is 0 Å². The Morgan fingerprint density at radius 3 is 2.47 bits per heavy atom. The van der Waals surface area contributed by atoms with Crippen LogP contribution >= 0.6 is 23.4 Å². The van der Waals surface area contributed by atoms with Crippen molar-refractivity contribution in [3.8, 4) is 0 Å². The third-order valence-corrected chi connectivity index (χ3v) is 8.03. The Balaban J connectivity index is 1.80. The lowest BCUT2D eigenvalue weighted by Crippen LogP contribution is -2.17. The molecule has 0 heterocycles. The molecule has 1 N–H and O–H groups in total. The molecule has 0 aliphatic heterocycles. The Morgan fingerprint density at radius 1 is 1.17 bits per heavy atom. The van der Waals surface area contributed by atoms with Gasteiger partial charge in [0, 0.05) is 33.5 Å². The molecular formula is C23H25ClF3NOS. The highest BCUT2D eigenvalue weighted by atomic mass is 35.5. The molecule has 0 bridgehead atoms. The van der Waals surface area contributed by atoms with Gasteiger partial charge in [0.05, 0.1) is 5.02 Å². The Morgan fingerprint density at radius 2 is 1.83 bits per heavy atom. The van der Waals surface area contributed by atoms with Crippen molar-refractivity contribution in [3.05, 3.63) is 58.4 Å². The van der Waals surface area contributed by atoms with Gasteiger partial charge in [-0.25, -0.2) is 13.2 Å². The molecule has 1 fully saturated rings. The summed E-state index contributed by atoms with van der Waals surface area (Å²) in [4.78, 5) is 13.4. The van der Waals surface area contributed by atoms with Gasteiger partial charge in [-0.15, -0.1) is 11.8 Å². The summed E-state index contributed by atoms with van der Waals surface area (Å²) in [7, 11) is 0. The minimum atomic E-state index is -1.57. The van der Waals surface area contributed by atoms with Gasteiger partial charge in [-0.3, -0.25) is 4.79 Å².